The van der Waals surface area contributed by atoms with Gasteiger partial charge in [0.25, 0.3) is 0 Å². The third-order valence-corrected chi connectivity index (χ3v) is 9.57. The molecular formula is C35H42O21. The highest BCUT2D eigenvalue weighted by Crippen LogP contribution is 2.39. The van der Waals surface area contributed by atoms with E-state index in [4.69, 9.17) is 37.6 Å². The Bertz CT molecular complexity index is 1900. The van der Waals surface area contributed by atoms with Crippen LogP contribution in [0.3, 0.4) is 0 Å². The highest BCUT2D eigenvalue weighted by molar-refractivity contribution is 5.88. The predicted molar refractivity (Wildman–Crippen MR) is 181 cm³/mol. The Labute approximate surface area is 315 Å². The molecule has 3 aromatic rings. The second-order valence-electron chi connectivity index (χ2n) is 13.5. The SMILES string of the molecule is CC(=O)OCC1OC(Oc2cc(O)c3c(=O)c(OC4OC(C)C(O)C(O)C4OC4OC(CO)C(O)C(O)C4O)c(-c4ccc(O)cc4)oc3c2)C(O)C(O)C1O. The third-order valence-electron chi connectivity index (χ3n) is 9.57. The van der Waals surface area contributed by atoms with E-state index in [9.17, 15) is 65.8 Å². The summed E-state index contributed by atoms with van der Waals surface area (Å²) in [4.78, 5) is 25.6. The van der Waals surface area contributed by atoms with Crippen LogP contribution in [0.5, 0.6) is 23.0 Å². The second-order valence-corrected chi connectivity index (χ2v) is 13.5. The van der Waals surface area contributed by atoms with Crippen LogP contribution in [0.1, 0.15) is 13.8 Å². The van der Waals surface area contributed by atoms with Crippen molar-refractivity contribution in [3.63, 3.8) is 0 Å². The summed E-state index contributed by atoms with van der Waals surface area (Å²) in [7, 11) is 0. The molecule has 0 aliphatic carbocycles. The lowest BCUT2D eigenvalue weighted by Gasteiger charge is -2.45. The van der Waals surface area contributed by atoms with E-state index in [2.05, 4.69) is 0 Å². The zero-order chi connectivity index (χ0) is 40.7. The van der Waals surface area contributed by atoms with Crippen molar-refractivity contribution in [1.29, 1.82) is 0 Å². The first-order valence-electron chi connectivity index (χ1n) is 17.3. The molecule has 0 radical (unpaired) electrons. The molecule has 3 saturated heterocycles. The summed E-state index contributed by atoms with van der Waals surface area (Å²) in [5, 5.41) is 114. The molecular weight excluding hydrogens is 756 g/mol. The van der Waals surface area contributed by atoms with Crippen LogP contribution in [-0.2, 0) is 28.5 Å². The predicted octanol–water partition coefficient (Wildman–Crippen LogP) is -3.35. The van der Waals surface area contributed by atoms with Crippen LogP contribution in [0.25, 0.3) is 22.3 Å². The molecule has 6 rings (SSSR count). The van der Waals surface area contributed by atoms with Gasteiger partial charge >= 0.3 is 5.97 Å². The lowest BCUT2D eigenvalue weighted by Crippen LogP contribution is -2.64. The minimum absolute atomic E-state index is 0.106. The van der Waals surface area contributed by atoms with Crippen LogP contribution in [-0.4, -0.2) is 167 Å². The highest BCUT2D eigenvalue weighted by atomic mass is 16.8. The number of phenolic OH excluding ortho intramolecular Hbond substituents is 2. The number of hydrogen-bond donors (Lipinski definition) is 11. The van der Waals surface area contributed by atoms with Crippen LogP contribution in [0, 0.1) is 0 Å². The molecule has 1 aromatic heterocycles. The molecule has 4 heterocycles. The standard InChI is InChI=1S/C35H42O21/c1-11-21(40)27(46)32(56-34-29(48)25(44)22(41)18(9-36)53-34)35(50-11)55-31-24(43)20-16(39)7-15(8-17(20)52-30(31)13-3-5-14(38)6-4-13)51-33-28(47)26(45)23(42)19(54-33)10-49-12(2)37/h3-8,11,18-19,21-23,25-29,32-36,38-42,44-48H,9-10H2,1-2H3. The maximum absolute atomic E-state index is 14.3. The first-order valence-corrected chi connectivity index (χ1v) is 17.3. The van der Waals surface area contributed by atoms with Crippen molar-refractivity contribution in [2.75, 3.05) is 13.2 Å². The average molecular weight is 799 g/mol. The molecule has 0 amide bonds. The maximum atomic E-state index is 14.3. The summed E-state index contributed by atoms with van der Waals surface area (Å²) in [5.74, 6) is -2.94. The second kappa shape index (κ2) is 16.7. The van der Waals surface area contributed by atoms with Gasteiger partial charge in [-0.05, 0) is 31.2 Å². The number of rotatable bonds is 10. The summed E-state index contributed by atoms with van der Waals surface area (Å²) in [6.07, 6.45) is -25.5. The maximum Gasteiger partial charge on any atom is 0.302 e. The Balaban J connectivity index is 1.38. The van der Waals surface area contributed by atoms with Crippen molar-refractivity contribution < 1.29 is 98.5 Å². The number of carbonyl (C=O) groups is 1. The first-order chi connectivity index (χ1) is 26.5. The molecule has 308 valence electrons. The zero-order valence-corrected chi connectivity index (χ0v) is 29.5. The number of benzene rings is 2. The van der Waals surface area contributed by atoms with Crippen molar-refractivity contribution in [1.82, 2.24) is 0 Å². The van der Waals surface area contributed by atoms with Gasteiger partial charge in [-0.2, -0.15) is 0 Å². The van der Waals surface area contributed by atoms with Gasteiger partial charge in [0.05, 0.1) is 12.7 Å². The van der Waals surface area contributed by atoms with E-state index in [1.54, 1.807) is 0 Å². The van der Waals surface area contributed by atoms with E-state index in [0.717, 1.165) is 19.1 Å². The largest absolute Gasteiger partial charge is 0.508 e. The first kappa shape index (κ1) is 41.4. The van der Waals surface area contributed by atoms with Crippen LogP contribution in [0.2, 0.25) is 0 Å². The summed E-state index contributed by atoms with van der Waals surface area (Å²) in [5.41, 5.74) is -1.28. The fourth-order valence-electron chi connectivity index (χ4n) is 6.41. The number of esters is 1. The Morgan fingerprint density at radius 2 is 1.36 bits per heavy atom. The van der Waals surface area contributed by atoms with Gasteiger partial charge in [-0.3, -0.25) is 9.59 Å². The quantitative estimate of drug-likeness (QED) is 0.0893. The van der Waals surface area contributed by atoms with Gasteiger partial charge in [0.2, 0.25) is 23.8 Å². The molecule has 21 nitrogen and oxygen atoms in total. The topological polar surface area (TPSA) is 334 Å². The van der Waals surface area contributed by atoms with Crippen LogP contribution >= 0.6 is 0 Å². The molecule has 15 atom stereocenters. The third kappa shape index (κ3) is 8.13. The lowest BCUT2D eigenvalue weighted by atomic mass is 9.97. The van der Waals surface area contributed by atoms with Crippen molar-refractivity contribution in [2.24, 2.45) is 0 Å². The van der Waals surface area contributed by atoms with E-state index in [1.807, 2.05) is 0 Å². The number of carbonyl (C=O) groups excluding carboxylic acids is 1. The highest BCUT2D eigenvalue weighted by Gasteiger charge is 2.51. The molecule has 56 heavy (non-hydrogen) atoms. The lowest BCUT2D eigenvalue weighted by molar-refractivity contribution is -0.355. The van der Waals surface area contributed by atoms with Crippen LogP contribution in [0.15, 0.2) is 45.6 Å². The fraction of sp³-hybridized carbons (Fsp3) is 0.543. The molecule has 0 bridgehead atoms. The van der Waals surface area contributed by atoms with Gasteiger partial charge in [-0.25, -0.2) is 0 Å². The van der Waals surface area contributed by atoms with Crippen LogP contribution in [0.4, 0.5) is 0 Å². The monoisotopic (exact) mass is 798 g/mol. The minimum atomic E-state index is -1.95. The molecule has 0 saturated carbocycles. The molecule has 11 N–H and O–H groups in total. The molecule has 21 heteroatoms. The van der Waals surface area contributed by atoms with Gasteiger partial charge in [-0.1, -0.05) is 0 Å². The van der Waals surface area contributed by atoms with Gasteiger partial charge in [0.15, 0.2) is 18.2 Å². The number of fused-ring (bicyclic) bond motifs is 1. The van der Waals surface area contributed by atoms with E-state index < -0.39 is 134 Å². The van der Waals surface area contributed by atoms with E-state index in [1.165, 1.54) is 31.2 Å². The Morgan fingerprint density at radius 1 is 0.732 bits per heavy atom. The van der Waals surface area contributed by atoms with E-state index in [-0.39, 0.29) is 28.4 Å². The zero-order valence-electron chi connectivity index (χ0n) is 29.5. The average Bonchev–Trinajstić information content (AvgIpc) is 3.16. The summed E-state index contributed by atoms with van der Waals surface area (Å²) in [6.45, 7) is 1.14. The Kier molecular flexibility index (Phi) is 12.4. The molecule has 0 spiro atoms. The number of aliphatic hydroxyl groups is 9. The van der Waals surface area contributed by atoms with Gasteiger partial charge in [-0.15, -0.1) is 0 Å². The summed E-state index contributed by atoms with van der Waals surface area (Å²) in [6, 6.07) is 7.21. The van der Waals surface area contributed by atoms with E-state index in [0.29, 0.717) is 0 Å². The molecule has 2 aromatic carbocycles. The summed E-state index contributed by atoms with van der Waals surface area (Å²) < 4.78 is 45.1. The van der Waals surface area contributed by atoms with Gasteiger partial charge < -0.3 is 93.7 Å². The van der Waals surface area contributed by atoms with Crippen molar-refractivity contribution >= 4 is 16.9 Å². The fourth-order valence-corrected chi connectivity index (χ4v) is 6.41. The van der Waals surface area contributed by atoms with E-state index >= 15 is 0 Å². The number of aliphatic hydroxyl groups excluding tert-OH is 9. The minimum Gasteiger partial charge on any atom is -0.508 e. The Hall–Kier alpha value is -4.20. The number of hydrogen-bond acceptors (Lipinski definition) is 21. The molecule has 3 aliphatic heterocycles. The van der Waals surface area contributed by atoms with Crippen molar-refractivity contribution in [3.05, 3.63) is 46.6 Å². The molecule has 3 fully saturated rings. The molecule has 3 aliphatic rings. The number of ether oxygens (including phenoxy) is 7. The van der Waals surface area contributed by atoms with Gasteiger partial charge in [0.1, 0.15) is 95.9 Å². The van der Waals surface area contributed by atoms with Gasteiger partial charge in [0, 0.05) is 24.6 Å². The number of phenols is 2. The van der Waals surface area contributed by atoms with Crippen molar-refractivity contribution in [3.8, 4) is 34.3 Å². The van der Waals surface area contributed by atoms with Crippen molar-refractivity contribution in [2.45, 2.75) is 106 Å². The normalized spacial score (nSPS) is 36.2. The number of aromatic hydroxyl groups is 2. The van der Waals surface area contributed by atoms with Crippen LogP contribution < -0.4 is 14.9 Å². The Morgan fingerprint density at radius 3 is 2.00 bits per heavy atom. The molecule has 15 unspecified atom stereocenters. The smallest absolute Gasteiger partial charge is 0.302 e. The summed E-state index contributed by atoms with van der Waals surface area (Å²) >= 11 is 0.